The van der Waals surface area contributed by atoms with Crippen molar-refractivity contribution >= 4 is 34.2 Å². The molecule has 0 atom stereocenters. The molecule has 0 fully saturated rings. The molecule has 0 saturated carbocycles. The Kier molecular flexibility index (Phi) is 4.23. The van der Waals surface area contributed by atoms with Crippen LogP contribution in [-0.4, -0.2) is 22.3 Å². The van der Waals surface area contributed by atoms with Crippen molar-refractivity contribution in [2.75, 3.05) is 6.61 Å². The van der Waals surface area contributed by atoms with Gasteiger partial charge in [0.15, 0.2) is 6.61 Å². The SMILES string of the molecule is O=c1[nH]c2cc(Cl)c(Cl)cc2n1-c1ccc(OCC(F)(F)F)cc1. The fourth-order valence-corrected chi connectivity index (χ4v) is 2.54. The van der Waals surface area contributed by atoms with Gasteiger partial charge in [-0.1, -0.05) is 23.2 Å². The molecule has 2 aromatic carbocycles. The maximum absolute atomic E-state index is 12.1. The fraction of sp³-hybridized carbons (Fsp3) is 0.133. The summed E-state index contributed by atoms with van der Waals surface area (Å²) < 4.78 is 42.4. The highest BCUT2D eigenvalue weighted by Gasteiger charge is 2.28. The standard InChI is InChI=1S/C15H9Cl2F3N2O2/c16-10-5-12-13(6-11(10)17)22(14(23)21-12)8-1-3-9(4-2-8)24-7-15(18,19)20/h1-6H,7H2,(H,21,23). The summed E-state index contributed by atoms with van der Waals surface area (Å²) in [4.78, 5) is 14.8. The van der Waals surface area contributed by atoms with E-state index in [1.807, 2.05) is 0 Å². The van der Waals surface area contributed by atoms with Gasteiger partial charge in [-0.3, -0.25) is 4.57 Å². The smallest absolute Gasteiger partial charge is 0.422 e. The molecule has 24 heavy (non-hydrogen) atoms. The Balaban J connectivity index is 1.97. The average Bonchev–Trinajstić information content (AvgIpc) is 2.81. The summed E-state index contributed by atoms with van der Waals surface area (Å²) in [6.07, 6.45) is -4.41. The Labute approximate surface area is 143 Å². The molecule has 0 aliphatic carbocycles. The van der Waals surface area contributed by atoms with Crippen molar-refractivity contribution < 1.29 is 17.9 Å². The lowest BCUT2D eigenvalue weighted by atomic mass is 10.2. The average molecular weight is 377 g/mol. The number of nitrogens with zero attached hydrogens (tertiary/aromatic N) is 1. The summed E-state index contributed by atoms with van der Waals surface area (Å²) >= 11 is 11.9. The van der Waals surface area contributed by atoms with Gasteiger partial charge in [-0.05, 0) is 36.4 Å². The Morgan fingerprint density at radius 2 is 1.71 bits per heavy atom. The van der Waals surface area contributed by atoms with Gasteiger partial charge in [-0.2, -0.15) is 13.2 Å². The van der Waals surface area contributed by atoms with E-state index in [2.05, 4.69) is 9.72 Å². The second kappa shape index (κ2) is 6.07. The van der Waals surface area contributed by atoms with Gasteiger partial charge < -0.3 is 9.72 Å². The summed E-state index contributed by atoms with van der Waals surface area (Å²) in [5, 5.41) is 0.579. The number of benzene rings is 2. The van der Waals surface area contributed by atoms with Crippen LogP contribution in [0.4, 0.5) is 13.2 Å². The minimum atomic E-state index is -4.41. The molecule has 0 saturated heterocycles. The number of ether oxygens (including phenoxy) is 1. The summed E-state index contributed by atoms with van der Waals surface area (Å²) in [7, 11) is 0. The fourth-order valence-electron chi connectivity index (χ4n) is 2.21. The van der Waals surface area contributed by atoms with Crippen molar-refractivity contribution in [3.05, 3.63) is 56.9 Å². The number of aromatic nitrogens is 2. The molecule has 126 valence electrons. The van der Waals surface area contributed by atoms with E-state index in [-0.39, 0.29) is 10.8 Å². The molecule has 1 N–H and O–H groups in total. The number of hydrogen-bond donors (Lipinski definition) is 1. The number of rotatable bonds is 3. The van der Waals surface area contributed by atoms with Crippen molar-refractivity contribution in [3.63, 3.8) is 0 Å². The van der Waals surface area contributed by atoms with Crippen LogP contribution >= 0.6 is 23.2 Å². The number of fused-ring (bicyclic) bond motifs is 1. The minimum Gasteiger partial charge on any atom is -0.484 e. The molecule has 1 heterocycles. The van der Waals surface area contributed by atoms with E-state index in [4.69, 9.17) is 23.2 Å². The third-order valence-corrected chi connectivity index (χ3v) is 3.94. The van der Waals surface area contributed by atoms with Crippen LogP contribution in [0.3, 0.4) is 0 Å². The zero-order valence-electron chi connectivity index (χ0n) is 11.8. The molecule has 0 aliphatic rings. The maximum Gasteiger partial charge on any atom is 0.422 e. The second-order valence-electron chi connectivity index (χ2n) is 4.95. The predicted molar refractivity (Wildman–Crippen MR) is 85.5 cm³/mol. The van der Waals surface area contributed by atoms with E-state index in [0.717, 1.165) is 0 Å². The zero-order valence-corrected chi connectivity index (χ0v) is 13.3. The Morgan fingerprint density at radius 3 is 2.33 bits per heavy atom. The molecule has 3 aromatic rings. The maximum atomic E-state index is 12.1. The first kappa shape index (κ1) is 16.7. The van der Waals surface area contributed by atoms with Crippen LogP contribution in [0.2, 0.25) is 10.0 Å². The lowest BCUT2D eigenvalue weighted by molar-refractivity contribution is -0.153. The van der Waals surface area contributed by atoms with Crippen molar-refractivity contribution in [3.8, 4) is 11.4 Å². The summed E-state index contributed by atoms with van der Waals surface area (Å²) in [6.45, 7) is -1.38. The van der Waals surface area contributed by atoms with Crippen LogP contribution in [0, 0.1) is 0 Å². The van der Waals surface area contributed by atoms with Crippen molar-refractivity contribution in [1.29, 1.82) is 0 Å². The van der Waals surface area contributed by atoms with E-state index in [1.54, 1.807) is 0 Å². The molecule has 0 aliphatic heterocycles. The number of alkyl halides is 3. The number of nitrogens with one attached hydrogen (secondary N) is 1. The van der Waals surface area contributed by atoms with Gasteiger partial charge in [-0.15, -0.1) is 0 Å². The first-order valence-corrected chi connectivity index (χ1v) is 7.40. The van der Waals surface area contributed by atoms with E-state index >= 15 is 0 Å². The first-order chi connectivity index (χ1) is 11.2. The lowest BCUT2D eigenvalue weighted by Gasteiger charge is -2.10. The molecule has 4 nitrogen and oxygen atoms in total. The Hall–Kier alpha value is -2.12. The van der Waals surface area contributed by atoms with E-state index in [9.17, 15) is 18.0 Å². The van der Waals surface area contributed by atoms with E-state index < -0.39 is 18.5 Å². The highest BCUT2D eigenvalue weighted by atomic mass is 35.5. The van der Waals surface area contributed by atoms with Crippen molar-refractivity contribution in [2.24, 2.45) is 0 Å². The topological polar surface area (TPSA) is 47.0 Å². The van der Waals surface area contributed by atoms with Crippen LogP contribution in [0.15, 0.2) is 41.2 Å². The summed E-state index contributed by atoms with van der Waals surface area (Å²) in [5.41, 5.74) is 1.02. The van der Waals surface area contributed by atoms with Crippen LogP contribution in [0.1, 0.15) is 0 Å². The van der Waals surface area contributed by atoms with E-state index in [0.29, 0.717) is 21.7 Å². The molecule has 0 amide bonds. The molecular weight excluding hydrogens is 368 g/mol. The van der Waals surface area contributed by atoms with Crippen LogP contribution in [-0.2, 0) is 0 Å². The van der Waals surface area contributed by atoms with Gasteiger partial charge in [0.2, 0.25) is 0 Å². The number of halogens is 5. The van der Waals surface area contributed by atoms with Gasteiger partial charge in [-0.25, -0.2) is 4.79 Å². The van der Waals surface area contributed by atoms with E-state index in [1.165, 1.54) is 41.0 Å². The molecule has 0 radical (unpaired) electrons. The minimum absolute atomic E-state index is 0.0463. The number of H-pyrrole nitrogens is 1. The number of imidazole rings is 1. The lowest BCUT2D eigenvalue weighted by Crippen LogP contribution is -2.19. The van der Waals surface area contributed by atoms with Gasteiger partial charge in [0.25, 0.3) is 0 Å². The molecule has 0 unspecified atom stereocenters. The molecular formula is C15H9Cl2F3N2O2. The molecule has 0 spiro atoms. The first-order valence-electron chi connectivity index (χ1n) is 6.64. The quantitative estimate of drug-likeness (QED) is 0.727. The van der Waals surface area contributed by atoms with Gasteiger partial charge >= 0.3 is 11.9 Å². The van der Waals surface area contributed by atoms with Crippen molar-refractivity contribution in [1.82, 2.24) is 9.55 Å². The van der Waals surface area contributed by atoms with Crippen LogP contribution < -0.4 is 10.4 Å². The van der Waals surface area contributed by atoms with Crippen LogP contribution in [0.5, 0.6) is 5.75 Å². The Bertz CT molecular complexity index is 946. The summed E-state index contributed by atoms with van der Waals surface area (Å²) in [5.74, 6) is 0.0463. The van der Waals surface area contributed by atoms with Gasteiger partial charge in [0.05, 0.1) is 26.8 Å². The largest absolute Gasteiger partial charge is 0.484 e. The zero-order chi connectivity index (χ0) is 17.5. The summed E-state index contributed by atoms with van der Waals surface area (Å²) in [6, 6.07) is 8.71. The van der Waals surface area contributed by atoms with Gasteiger partial charge in [0.1, 0.15) is 5.75 Å². The highest BCUT2D eigenvalue weighted by molar-refractivity contribution is 6.42. The Morgan fingerprint density at radius 1 is 1.08 bits per heavy atom. The molecule has 0 bridgehead atoms. The molecule has 3 rings (SSSR count). The monoisotopic (exact) mass is 376 g/mol. The van der Waals surface area contributed by atoms with Crippen LogP contribution in [0.25, 0.3) is 16.7 Å². The third-order valence-electron chi connectivity index (χ3n) is 3.22. The number of hydrogen-bond acceptors (Lipinski definition) is 2. The third kappa shape index (κ3) is 3.37. The second-order valence-corrected chi connectivity index (χ2v) is 5.76. The van der Waals surface area contributed by atoms with Gasteiger partial charge in [0, 0.05) is 0 Å². The predicted octanol–water partition coefficient (Wildman–Crippen LogP) is 4.57. The van der Waals surface area contributed by atoms with Crippen molar-refractivity contribution in [2.45, 2.75) is 6.18 Å². The highest BCUT2D eigenvalue weighted by Crippen LogP contribution is 2.28. The number of aromatic amines is 1. The normalized spacial score (nSPS) is 11.9. The molecule has 1 aromatic heterocycles. The molecule has 9 heteroatoms.